The van der Waals surface area contributed by atoms with Gasteiger partial charge in [-0.1, -0.05) is 11.6 Å². The SMILES string of the molecule is O=CC1Cc2cc(Cl)cc([N+](=O)[O-])c2N1. The first-order chi connectivity index (χ1) is 7.11. The molecule has 1 aromatic carbocycles. The number of halogens is 1. The standard InChI is InChI=1S/C9H7ClN2O3/c10-6-1-5-2-7(4-13)11-9(5)8(3-6)12(14)15/h1,3-4,7,11H,2H2. The van der Waals surface area contributed by atoms with E-state index < -0.39 is 11.0 Å². The van der Waals surface area contributed by atoms with Crippen LogP contribution in [0.1, 0.15) is 5.56 Å². The summed E-state index contributed by atoms with van der Waals surface area (Å²) in [4.78, 5) is 20.8. The van der Waals surface area contributed by atoms with Crippen molar-refractivity contribution in [1.29, 1.82) is 0 Å². The molecule has 2 rings (SSSR count). The molecule has 1 N–H and O–H groups in total. The minimum Gasteiger partial charge on any atom is -0.369 e. The number of rotatable bonds is 2. The molecule has 0 saturated carbocycles. The number of hydrogen-bond acceptors (Lipinski definition) is 4. The lowest BCUT2D eigenvalue weighted by atomic mass is 10.1. The van der Waals surface area contributed by atoms with Crippen LogP contribution in [0.4, 0.5) is 11.4 Å². The average Bonchev–Trinajstić information content (AvgIpc) is 2.58. The molecule has 0 fully saturated rings. The number of nitro benzene ring substituents is 1. The zero-order valence-electron chi connectivity index (χ0n) is 7.57. The highest BCUT2D eigenvalue weighted by Gasteiger charge is 2.28. The third-order valence-corrected chi connectivity index (χ3v) is 2.51. The molecule has 6 heteroatoms. The highest BCUT2D eigenvalue weighted by Crippen LogP contribution is 2.36. The number of nitrogens with one attached hydrogen (secondary N) is 1. The Labute approximate surface area is 90.2 Å². The van der Waals surface area contributed by atoms with Gasteiger partial charge in [-0.15, -0.1) is 0 Å². The van der Waals surface area contributed by atoms with Gasteiger partial charge in [0.05, 0.1) is 11.0 Å². The minimum absolute atomic E-state index is 0.0816. The Balaban J connectivity index is 2.52. The van der Waals surface area contributed by atoms with Crippen molar-refractivity contribution in [2.75, 3.05) is 5.32 Å². The van der Waals surface area contributed by atoms with E-state index in [4.69, 9.17) is 11.6 Å². The van der Waals surface area contributed by atoms with Crippen LogP contribution in [0.3, 0.4) is 0 Å². The molecular weight excluding hydrogens is 220 g/mol. The molecule has 0 saturated heterocycles. The fourth-order valence-electron chi connectivity index (χ4n) is 1.67. The first-order valence-corrected chi connectivity index (χ1v) is 4.68. The van der Waals surface area contributed by atoms with Crippen molar-refractivity contribution >= 4 is 29.3 Å². The Morgan fingerprint density at radius 2 is 2.33 bits per heavy atom. The van der Waals surface area contributed by atoms with Crippen molar-refractivity contribution < 1.29 is 9.72 Å². The monoisotopic (exact) mass is 226 g/mol. The predicted molar refractivity (Wildman–Crippen MR) is 55.3 cm³/mol. The predicted octanol–water partition coefficient (Wildman–Crippen LogP) is 1.78. The van der Waals surface area contributed by atoms with Crippen LogP contribution in [0.25, 0.3) is 0 Å². The molecule has 1 aliphatic heterocycles. The van der Waals surface area contributed by atoms with Crippen LogP contribution in [-0.2, 0) is 11.2 Å². The molecule has 1 heterocycles. The molecule has 0 aromatic heterocycles. The zero-order chi connectivity index (χ0) is 11.0. The maximum Gasteiger partial charge on any atom is 0.294 e. The van der Waals surface area contributed by atoms with Gasteiger partial charge in [0.1, 0.15) is 12.0 Å². The van der Waals surface area contributed by atoms with Gasteiger partial charge in [0, 0.05) is 17.5 Å². The maximum atomic E-state index is 10.7. The lowest BCUT2D eigenvalue weighted by molar-refractivity contribution is -0.383. The summed E-state index contributed by atoms with van der Waals surface area (Å²) in [6.07, 6.45) is 1.18. The van der Waals surface area contributed by atoms with Crippen LogP contribution in [0.15, 0.2) is 12.1 Å². The number of nitrogens with zero attached hydrogens (tertiary/aromatic N) is 1. The Bertz CT molecular complexity index is 447. The number of nitro groups is 1. The van der Waals surface area contributed by atoms with Gasteiger partial charge in [0.15, 0.2) is 0 Å². The van der Waals surface area contributed by atoms with Crippen molar-refractivity contribution in [3.63, 3.8) is 0 Å². The highest BCUT2D eigenvalue weighted by atomic mass is 35.5. The van der Waals surface area contributed by atoms with Gasteiger partial charge in [-0.25, -0.2) is 0 Å². The number of carbonyl (C=O) groups is 1. The molecule has 0 bridgehead atoms. The Kier molecular flexibility index (Phi) is 2.32. The first-order valence-electron chi connectivity index (χ1n) is 4.30. The third-order valence-electron chi connectivity index (χ3n) is 2.29. The van der Waals surface area contributed by atoms with E-state index in [1.807, 2.05) is 0 Å². The number of benzene rings is 1. The van der Waals surface area contributed by atoms with Gasteiger partial charge in [-0.05, 0) is 11.6 Å². The van der Waals surface area contributed by atoms with E-state index in [9.17, 15) is 14.9 Å². The van der Waals surface area contributed by atoms with Crippen LogP contribution in [0.5, 0.6) is 0 Å². The van der Waals surface area contributed by atoms with Crippen LogP contribution < -0.4 is 5.32 Å². The van der Waals surface area contributed by atoms with Crippen molar-refractivity contribution in [1.82, 2.24) is 0 Å². The van der Waals surface area contributed by atoms with E-state index in [2.05, 4.69) is 5.32 Å². The summed E-state index contributed by atoms with van der Waals surface area (Å²) < 4.78 is 0. The second-order valence-electron chi connectivity index (χ2n) is 3.31. The molecule has 1 aromatic rings. The molecule has 5 nitrogen and oxygen atoms in total. The smallest absolute Gasteiger partial charge is 0.294 e. The Morgan fingerprint density at radius 1 is 1.60 bits per heavy atom. The number of hydrogen-bond donors (Lipinski definition) is 1. The van der Waals surface area contributed by atoms with Crippen molar-refractivity contribution in [2.45, 2.75) is 12.5 Å². The van der Waals surface area contributed by atoms with E-state index in [0.29, 0.717) is 22.7 Å². The van der Waals surface area contributed by atoms with Gasteiger partial charge in [-0.3, -0.25) is 10.1 Å². The summed E-state index contributed by atoms with van der Waals surface area (Å²) in [5.41, 5.74) is 1.04. The second-order valence-corrected chi connectivity index (χ2v) is 3.74. The third kappa shape index (κ3) is 1.66. The molecular formula is C9H7ClN2O3. The number of carbonyl (C=O) groups excluding carboxylic acids is 1. The molecule has 0 spiro atoms. The van der Waals surface area contributed by atoms with E-state index >= 15 is 0 Å². The normalized spacial score (nSPS) is 18.1. The van der Waals surface area contributed by atoms with Crippen LogP contribution in [0, 0.1) is 10.1 Å². The molecule has 15 heavy (non-hydrogen) atoms. The van der Waals surface area contributed by atoms with Gasteiger partial charge >= 0.3 is 0 Å². The van der Waals surface area contributed by atoms with Gasteiger partial charge in [-0.2, -0.15) is 0 Å². The van der Waals surface area contributed by atoms with Crippen LogP contribution in [-0.4, -0.2) is 17.3 Å². The molecule has 0 amide bonds. The molecule has 1 aliphatic rings. The summed E-state index contributed by atoms with van der Waals surface area (Å²) in [6.45, 7) is 0. The largest absolute Gasteiger partial charge is 0.369 e. The van der Waals surface area contributed by atoms with E-state index in [-0.39, 0.29) is 5.69 Å². The summed E-state index contributed by atoms with van der Waals surface area (Å²) in [7, 11) is 0. The molecule has 78 valence electrons. The average molecular weight is 227 g/mol. The van der Waals surface area contributed by atoms with Crippen LogP contribution >= 0.6 is 11.6 Å². The molecule has 0 radical (unpaired) electrons. The number of anilines is 1. The van der Waals surface area contributed by atoms with Crippen molar-refractivity contribution in [3.05, 3.63) is 32.8 Å². The van der Waals surface area contributed by atoms with Gasteiger partial charge < -0.3 is 10.1 Å². The molecule has 1 atom stereocenters. The maximum absolute atomic E-state index is 10.7. The topological polar surface area (TPSA) is 72.2 Å². The highest BCUT2D eigenvalue weighted by molar-refractivity contribution is 6.31. The first kappa shape index (κ1) is 9.92. The lowest BCUT2D eigenvalue weighted by Crippen LogP contribution is -2.16. The van der Waals surface area contributed by atoms with E-state index in [1.165, 1.54) is 6.07 Å². The molecule has 0 aliphatic carbocycles. The Morgan fingerprint density at radius 3 is 2.93 bits per heavy atom. The fourth-order valence-corrected chi connectivity index (χ4v) is 1.91. The minimum atomic E-state index is -0.509. The Hall–Kier alpha value is -1.62. The number of fused-ring (bicyclic) bond motifs is 1. The van der Waals surface area contributed by atoms with Gasteiger partial charge in [0.2, 0.25) is 0 Å². The quantitative estimate of drug-likeness (QED) is 0.474. The zero-order valence-corrected chi connectivity index (χ0v) is 8.32. The van der Waals surface area contributed by atoms with Crippen LogP contribution in [0.2, 0.25) is 5.02 Å². The van der Waals surface area contributed by atoms with E-state index in [1.54, 1.807) is 6.07 Å². The number of aldehydes is 1. The summed E-state index contributed by atoms with van der Waals surface area (Å²) in [5.74, 6) is 0. The second kappa shape index (κ2) is 3.51. The fraction of sp³-hybridized carbons (Fsp3) is 0.222. The summed E-state index contributed by atoms with van der Waals surface area (Å²) in [5, 5.41) is 13.8. The summed E-state index contributed by atoms with van der Waals surface area (Å²) in [6, 6.07) is 2.53. The van der Waals surface area contributed by atoms with E-state index in [0.717, 1.165) is 6.29 Å². The molecule has 1 unspecified atom stereocenters. The summed E-state index contributed by atoms with van der Waals surface area (Å²) >= 11 is 5.74. The lowest BCUT2D eigenvalue weighted by Gasteiger charge is -2.02. The van der Waals surface area contributed by atoms with Gasteiger partial charge in [0.25, 0.3) is 5.69 Å². The van der Waals surface area contributed by atoms with Crippen molar-refractivity contribution in [3.8, 4) is 0 Å². The van der Waals surface area contributed by atoms with Crippen molar-refractivity contribution in [2.24, 2.45) is 0 Å².